The molecule has 0 radical (unpaired) electrons. The summed E-state index contributed by atoms with van der Waals surface area (Å²) < 4.78 is 5.37. The summed E-state index contributed by atoms with van der Waals surface area (Å²) in [5, 5.41) is 10.9. The summed E-state index contributed by atoms with van der Waals surface area (Å²) in [5.74, 6) is 0.363. The largest absolute Gasteiger partial charge is 0.504 e. The zero-order valence-electron chi connectivity index (χ0n) is 17.1. The maximum absolute atomic E-state index is 12.5. The molecule has 0 aliphatic heterocycles. The number of nitrogens with zero attached hydrogens (tertiary/aromatic N) is 1. The van der Waals surface area contributed by atoms with Gasteiger partial charge < -0.3 is 14.8 Å². The van der Waals surface area contributed by atoms with E-state index in [1.807, 2.05) is 55.7 Å². The van der Waals surface area contributed by atoms with Crippen LogP contribution >= 0.6 is 0 Å². The number of ketones is 1. The number of H-pyrrole nitrogens is 1. The number of fused-ring (bicyclic) bond motifs is 1. The van der Waals surface area contributed by atoms with Gasteiger partial charge in [0.15, 0.2) is 17.3 Å². The average Bonchev–Trinajstić information content (AvgIpc) is 3.21. The Morgan fingerprint density at radius 1 is 1.10 bits per heavy atom. The van der Waals surface area contributed by atoms with Gasteiger partial charge in [0.1, 0.15) is 0 Å². The average molecular weight is 410 g/mol. The SMILES string of the molecule is CCOc1cc(/C=C/C(=O)c2ccc(N=Cc3c[nH]c4ccccc34)cc2)ccc1O. The Kier molecular flexibility index (Phi) is 5.94. The van der Waals surface area contributed by atoms with Crippen LogP contribution in [0, 0.1) is 0 Å². The Bertz CT molecular complexity index is 1270. The fraction of sp³-hybridized carbons (Fsp3) is 0.0769. The molecule has 0 unspecified atom stereocenters. The highest BCUT2D eigenvalue weighted by Crippen LogP contribution is 2.27. The summed E-state index contributed by atoms with van der Waals surface area (Å²) in [7, 11) is 0. The van der Waals surface area contributed by atoms with Crippen molar-refractivity contribution in [3.8, 4) is 11.5 Å². The highest BCUT2D eigenvalue weighted by atomic mass is 16.5. The zero-order valence-corrected chi connectivity index (χ0v) is 17.1. The zero-order chi connectivity index (χ0) is 21.6. The quantitative estimate of drug-likeness (QED) is 0.226. The second kappa shape index (κ2) is 9.13. The minimum atomic E-state index is -0.113. The molecular weight excluding hydrogens is 388 g/mol. The number of aromatic nitrogens is 1. The molecule has 0 aliphatic carbocycles. The second-order valence-corrected chi connectivity index (χ2v) is 6.95. The number of hydrogen-bond acceptors (Lipinski definition) is 4. The summed E-state index contributed by atoms with van der Waals surface area (Å²) >= 11 is 0. The van der Waals surface area contributed by atoms with Crippen LogP contribution in [-0.4, -0.2) is 28.7 Å². The third-order valence-corrected chi connectivity index (χ3v) is 4.84. The van der Waals surface area contributed by atoms with E-state index in [1.165, 1.54) is 6.08 Å². The molecule has 0 bridgehead atoms. The van der Waals surface area contributed by atoms with E-state index in [0.717, 1.165) is 27.7 Å². The predicted molar refractivity (Wildman–Crippen MR) is 125 cm³/mol. The molecule has 4 rings (SSSR count). The fourth-order valence-electron chi connectivity index (χ4n) is 3.23. The highest BCUT2D eigenvalue weighted by Gasteiger charge is 2.05. The first-order valence-corrected chi connectivity index (χ1v) is 10.0. The van der Waals surface area contributed by atoms with Crippen molar-refractivity contribution in [2.45, 2.75) is 6.92 Å². The molecule has 0 spiro atoms. The van der Waals surface area contributed by atoms with Crippen molar-refractivity contribution in [1.82, 2.24) is 4.98 Å². The Morgan fingerprint density at radius 3 is 2.71 bits per heavy atom. The van der Waals surface area contributed by atoms with Gasteiger partial charge in [-0.3, -0.25) is 9.79 Å². The molecule has 2 N–H and O–H groups in total. The van der Waals surface area contributed by atoms with Crippen LogP contribution in [0.5, 0.6) is 11.5 Å². The molecule has 0 aliphatic rings. The summed E-state index contributed by atoms with van der Waals surface area (Å²) in [6.45, 7) is 2.30. The molecule has 0 fully saturated rings. The number of aromatic hydroxyl groups is 1. The molecule has 1 heterocycles. The molecule has 0 atom stereocenters. The third-order valence-electron chi connectivity index (χ3n) is 4.84. The molecule has 5 heteroatoms. The topological polar surface area (TPSA) is 74.7 Å². The molecule has 3 aromatic carbocycles. The number of rotatable bonds is 7. The molecule has 0 saturated carbocycles. The van der Waals surface area contributed by atoms with Gasteiger partial charge >= 0.3 is 0 Å². The second-order valence-electron chi connectivity index (χ2n) is 6.95. The number of aliphatic imine (C=N–C) groups is 1. The van der Waals surface area contributed by atoms with Crippen LogP contribution in [0.15, 0.2) is 84.0 Å². The summed E-state index contributed by atoms with van der Waals surface area (Å²) in [6.07, 6.45) is 6.95. The Morgan fingerprint density at radius 2 is 1.90 bits per heavy atom. The first kappa shape index (κ1) is 20.2. The summed E-state index contributed by atoms with van der Waals surface area (Å²) in [5.41, 5.74) is 4.20. The van der Waals surface area contributed by atoms with Gasteiger partial charge in [0.2, 0.25) is 0 Å². The molecule has 0 saturated heterocycles. The first-order chi connectivity index (χ1) is 15.1. The number of benzene rings is 3. The summed E-state index contributed by atoms with van der Waals surface area (Å²) in [6, 6.07) is 20.2. The fourth-order valence-corrected chi connectivity index (χ4v) is 3.23. The van der Waals surface area contributed by atoms with Crippen molar-refractivity contribution in [2.24, 2.45) is 4.99 Å². The Hall–Kier alpha value is -4.12. The van der Waals surface area contributed by atoms with Crippen molar-refractivity contribution in [3.63, 3.8) is 0 Å². The van der Waals surface area contributed by atoms with Gasteiger partial charge in [-0.25, -0.2) is 0 Å². The van der Waals surface area contributed by atoms with E-state index in [1.54, 1.807) is 36.4 Å². The number of para-hydroxylation sites is 1. The van der Waals surface area contributed by atoms with Crippen LogP contribution in [0.1, 0.15) is 28.4 Å². The number of carbonyl (C=O) groups excluding carboxylic acids is 1. The van der Waals surface area contributed by atoms with Crippen molar-refractivity contribution < 1.29 is 14.6 Å². The number of nitrogens with one attached hydrogen (secondary N) is 1. The van der Waals surface area contributed by atoms with Crippen LogP contribution in [-0.2, 0) is 0 Å². The van der Waals surface area contributed by atoms with Crippen LogP contribution in [0.3, 0.4) is 0 Å². The van der Waals surface area contributed by atoms with Crippen LogP contribution in [0.2, 0.25) is 0 Å². The normalized spacial score (nSPS) is 11.5. The molecule has 1 aromatic heterocycles. The first-order valence-electron chi connectivity index (χ1n) is 10.0. The molecule has 31 heavy (non-hydrogen) atoms. The van der Waals surface area contributed by atoms with E-state index in [-0.39, 0.29) is 11.5 Å². The molecule has 5 nitrogen and oxygen atoms in total. The van der Waals surface area contributed by atoms with Crippen LogP contribution in [0.25, 0.3) is 17.0 Å². The van der Waals surface area contributed by atoms with Gasteiger partial charge in [0.25, 0.3) is 0 Å². The van der Waals surface area contributed by atoms with Gasteiger partial charge in [-0.1, -0.05) is 30.3 Å². The van der Waals surface area contributed by atoms with Gasteiger partial charge in [-0.05, 0) is 61.0 Å². The number of allylic oxidation sites excluding steroid dienone is 1. The molecule has 0 amide bonds. The van der Waals surface area contributed by atoms with Gasteiger partial charge in [0.05, 0.1) is 12.3 Å². The van der Waals surface area contributed by atoms with Crippen molar-refractivity contribution in [2.75, 3.05) is 6.61 Å². The maximum atomic E-state index is 12.5. The Labute approximate surface area is 180 Å². The smallest absolute Gasteiger partial charge is 0.185 e. The van der Waals surface area contributed by atoms with E-state index in [9.17, 15) is 9.90 Å². The van der Waals surface area contributed by atoms with E-state index in [2.05, 4.69) is 9.98 Å². The molecule has 154 valence electrons. The van der Waals surface area contributed by atoms with Crippen LogP contribution < -0.4 is 4.74 Å². The molecular formula is C26H22N2O3. The lowest BCUT2D eigenvalue weighted by Gasteiger charge is -2.06. The van der Waals surface area contributed by atoms with E-state index >= 15 is 0 Å². The lowest BCUT2D eigenvalue weighted by Crippen LogP contribution is -1.94. The molecule has 4 aromatic rings. The predicted octanol–water partition coefficient (Wildman–Crippen LogP) is 5.92. The monoisotopic (exact) mass is 410 g/mol. The Balaban J connectivity index is 1.44. The summed E-state index contributed by atoms with van der Waals surface area (Å²) in [4.78, 5) is 20.2. The lowest BCUT2D eigenvalue weighted by atomic mass is 10.1. The minimum absolute atomic E-state index is 0.0779. The van der Waals surface area contributed by atoms with E-state index < -0.39 is 0 Å². The number of aromatic amines is 1. The van der Waals surface area contributed by atoms with Crippen molar-refractivity contribution >= 4 is 34.7 Å². The van der Waals surface area contributed by atoms with E-state index in [4.69, 9.17) is 4.74 Å². The lowest BCUT2D eigenvalue weighted by molar-refractivity contribution is 0.104. The third kappa shape index (κ3) is 4.73. The number of carbonyl (C=O) groups is 1. The van der Waals surface area contributed by atoms with Crippen LogP contribution in [0.4, 0.5) is 5.69 Å². The van der Waals surface area contributed by atoms with Crippen molar-refractivity contribution in [1.29, 1.82) is 0 Å². The van der Waals surface area contributed by atoms with Gasteiger partial charge in [0, 0.05) is 34.4 Å². The maximum Gasteiger partial charge on any atom is 0.185 e. The number of hydrogen-bond donors (Lipinski definition) is 2. The number of phenolic OH excluding ortho intramolecular Hbond substituents is 1. The van der Waals surface area contributed by atoms with Gasteiger partial charge in [-0.15, -0.1) is 0 Å². The van der Waals surface area contributed by atoms with E-state index in [0.29, 0.717) is 17.9 Å². The number of ether oxygens (including phenoxy) is 1. The number of phenols is 1. The van der Waals surface area contributed by atoms with Gasteiger partial charge in [-0.2, -0.15) is 0 Å². The van der Waals surface area contributed by atoms with Crippen molar-refractivity contribution in [3.05, 3.63) is 95.7 Å². The highest BCUT2D eigenvalue weighted by molar-refractivity contribution is 6.07. The standard InChI is InChI=1S/C26H22N2O3/c1-2-31-26-15-18(8-14-25(26)30)7-13-24(29)19-9-11-21(12-10-19)27-16-20-17-28-23-6-4-3-5-22(20)23/h3-17,28,30H,2H2,1H3/b13-7+,27-16?. The minimum Gasteiger partial charge on any atom is -0.504 e.